The standard InChI is InChI=1S/C20H26O5/c1-3-24-18(22)12-13-20(15-8-6-5-7-9-15)14-16(21)10-11-17(20)19(23)25-4-2/h5-9,17H,3-4,10-14H2,1-2H3/t17-,20-/m1/s1. The Bertz CT molecular complexity index is 610. The van der Waals surface area contributed by atoms with Crippen molar-refractivity contribution in [3.63, 3.8) is 0 Å². The molecule has 0 radical (unpaired) electrons. The Morgan fingerprint density at radius 2 is 1.80 bits per heavy atom. The highest BCUT2D eigenvalue weighted by molar-refractivity contribution is 5.86. The van der Waals surface area contributed by atoms with Gasteiger partial charge in [0, 0.05) is 24.7 Å². The summed E-state index contributed by atoms with van der Waals surface area (Å²) >= 11 is 0. The summed E-state index contributed by atoms with van der Waals surface area (Å²) in [6.07, 6.45) is 1.64. The van der Waals surface area contributed by atoms with E-state index < -0.39 is 11.3 Å². The topological polar surface area (TPSA) is 69.7 Å². The Kier molecular flexibility index (Phi) is 6.73. The third-order valence-electron chi connectivity index (χ3n) is 4.89. The normalized spacial score (nSPS) is 23.1. The molecule has 0 spiro atoms. The molecule has 1 saturated carbocycles. The number of esters is 2. The molecule has 0 unspecified atom stereocenters. The Morgan fingerprint density at radius 3 is 2.44 bits per heavy atom. The average molecular weight is 346 g/mol. The van der Waals surface area contributed by atoms with Gasteiger partial charge in [-0.3, -0.25) is 14.4 Å². The number of carbonyl (C=O) groups is 3. The molecule has 0 saturated heterocycles. The number of carbonyl (C=O) groups excluding carboxylic acids is 3. The van der Waals surface area contributed by atoms with E-state index in [2.05, 4.69) is 0 Å². The Balaban J connectivity index is 2.40. The molecule has 0 aromatic heterocycles. The van der Waals surface area contributed by atoms with Crippen LogP contribution in [0.15, 0.2) is 30.3 Å². The number of benzene rings is 1. The highest BCUT2D eigenvalue weighted by Crippen LogP contribution is 2.46. The van der Waals surface area contributed by atoms with E-state index in [1.54, 1.807) is 13.8 Å². The first-order valence-corrected chi connectivity index (χ1v) is 8.93. The summed E-state index contributed by atoms with van der Waals surface area (Å²) < 4.78 is 10.3. The fourth-order valence-corrected chi connectivity index (χ4v) is 3.77. The second kappa shape index (κ2) is 8.79. The summed E-state index contributed by atoms with van der Waals surface area (Å²) in [6, 6.07) is 9.53. The minimum absolute atomic E-state index is 0.119. The van der Waals surface area contributed by atoms with Crippen molar-refractivity contribution in [3.8, 4) is 0 Å². The number of Topliss-reactive ketones (excluding diaryl/α,β-unsaturated/α-hetero) is 1. The lowest BCUT2D eigenvalue weighted by Gasteiger charge is -2.42. The Labute approximate surface area is 148 Å². The van der Waals surface area contributed by atoms with Crippen molar-refractivity contribution in [2.75, 3.05) is 13.2 Å². The van der Waals surface area contributed by atoms with Crippen LogP contribution in [0.2, 0.25) is 0 Å². The number of rotatable bonds is 7. The SMILES string of the molecule is CCOC(=O)CC[C@]1(c2ccccc2)CC(=O)CC[C@@H]1C(=O)OCC. The molecule has 1 aliphatic carbocycles. The summed E-state index contributed by atoms with van der Waals surface area (Å²) in [5.41, 5.74) is 0.195. The average Bonchev–Trinajstić information content (AvgIpc) is 2.61. The number of ether oxygens (including phenoxy) is 2. The number of ketones is 1. The molecule has 1 aromatic rings. The molecule has 25 heavy (non-hydrogen) atoms. The maximum Gasteiger partial charge on any atom is 0.309 e. The van der Waals surface area contributed by atoms with Gasteiger partial charge in [-0.2, -0.15) is 0 Å². The van der Waals surface area contributed by atoms with Crippen LogP contribution in [0.3, 0.4) is 0 Å². The molecule has 5 nitrogen and oxygen atoms in total. The predicted molar refractivity (Wildman–Crippen MR) is 93.0 cm³/mol. The van der Waals surface area contributed by atoms with Crippen molar-refractivity contribution >= 4 is 17.7 Å². The van der Waals surface area contributed by atoms with E-state index in [9.17, 15) is 14.4 Å². The highest BCUT2D eigenvalue weighted by Gasteiger charge is 2.49. The number of hydrogen-bond donors (Lipinski definition) is 0. The minimum atomic E-state index is -0.713. The van der Waals surface area contributed by atoms with Crippen molar-refractivity contribution in [2.24, 2.45) is 5.92 Å². The molecule has 5 heteroatoms. The van der Waals surface area contributed by atoms with E-state index in [1.165, 1.54) is 0 Å². The van der Waals surface area contributed by atoms with Gasteiger partial charge < -0.3 is 9.47 Å². The lowest BCUT2D eigenvalue weighted by atomic mass is 9.60. The first-order chi connectivity index (χ1) is 12.0. The van der Waals surface area contributed by atoms with E-state index in [0.717, 1.165) is 5.56 Å². The predicted octanol–water partition coefficient (Wildman–Crippen LogP) is 3.20. The lowest BCUT2D eigenvalue weighted by Crippen LogP contribution is -2.46. The fourth-order valence-electron chi connectivity index (χ4n) is 3.77. The second-order valence-electron chi connectivity index (χ2n) is 6.39. The zero-order chi connectivity index (χ0) is 18.3. The molecule has 1 aromatic carbocycles. The quantitative estimate of drug-likeness (QED) is 0.709. The summed E-state index contributed by atoms with van der Waals surface area (Å²) in [5, 5.41) is 0. The molecule has 0 bridgehead atoms. The lowest BCUT2D eigenvalue weighted by molar-refractivity contribution is -0.155. The number of hydrogen-bond acceptors (Lipinski definition) is 5. The molecule has 1 fully saturated rings. The first kappa shape index (κ1) is 19.2. The third kappa shape index (κ3) is 4.47. The van der Waals surface area contributed by atoms with Crippen molar-refractivity contribution in [2.45, 2.75) is 51.4 Å². The van der Waals surface area contributed by atoms with E-state index in [0.29, 0.717) is 32.5 Å². The summed E-state index contributed by atoms with van der Waals surface area (Å²) in [4.78, 5) is 36.8. The van der Waals surface area contributed by atoms with E-state index in [-0.39, 0.29) is 30.6 Å². The van der Waals surface area contributed by atoms with Crippen LogP contribution in [-0.4, -0.2) is 30.9 Å². The molecule has 2 atom stereocenters. The van der Waals surface area contributed by atoms with Gasteiger partial charge in [0.2, 0.25) is 0 Å². The maximum atomic E-state index is 12.6. The van der Waals surface area contributed by atoms with Crippen LogP contribution in [0.1, 0.15) is 51.5 Å². The molecular weight excluding hydrogens is 320 g/mol. The van der Waals surface area contributed by atoms with Crippen molar-refractivity contribution in [1.82, 2.24) is 0 Å². The third-order valence-corrected chi connectivity index (χ3v) is 4.89. The first-order valence-electron chi connectivity index (χ1n) is 8.93. The molecule has 2 rings (SSSR count). The molecule has 0 aliphatic heterocycles. The van der Waals surface area contributed by atoms with Crippen molar-refractivity contribution in [3.05, 3.63) is 35.9 Å². The van der Waals surface area contributed by atoms with Crippen LogP contribution in [-0.2, 0) is 29.3 Å². The van der Waals surface area contributed by atoms with Crippen LogP contribution in [0, 0.1) is 5.92 Å². The monoisotopic (exact) mass is 346 g/mol. The van der Waals surface area contributed by atoms with E-state index in [4.69, 9.17) is 9.47 Å². The zero-order valence-corrected chi connectivity index (χ0v) is 15.0. The van der Waals surface area contributed by atoms with Crippen LogP contribution < -0.4 is 0 Å². The van der Waals surface area contributed by atoms with Crippen LogP contribution in [0.25, 0.3) is 0 Å². The highest BCUT2D eigenvalue weighted by atomic mass is 16.5. The Morgan fingerprint density at radius 1 is 1.12 bits per heavy atom. The van der Waals surface area contributed by atoms with E-state index in [1.807, 2.05) is 30.3 Å². The molecule has 1 aliphatic rings. The molecule has 0 heterocycles. The van der Waals surface area contributed by atoms with Crippen LogP contribution in [0.4, 0.5) is 0 Å². The van der Waals surface area contributed by atoms with Gasteiger partial charge in [0.15, 0.2) is 0 Å². The van der Waals surface area contributed by atoms with Gasteiger partial charge in [0.05, 0.1) is 19.1 Å². The van der Waals surface area contributed by atoms with Gasteiger partial charge >= 0.3 is 11.9 Å². The van der Waals surface area contributed by atoms with Gasteiger partial charge in [0.1, 0.15) is 5.78 Å². The maximum absolute atomic E-state index is 12.6. The smallest absolute Gasteiger partial charge is 0.309 e. The summed E-state index contributed by atoms with van der Waals surface area (Å²) in [5.74, 6) is -0.906. The van der Waals surface area contributed by atoms with Gasteiger partial charge in [-0.1, -0.05) is 30.3 Å². The largest absolute Gasteiger partial charge is 0.466 e. The van der Waals surface area contributed by atoms with Gasteiger partial charge in [-0.05, 0) is 32.3 Å². The van der Waals surface area contributed by atoms with E-state index >= 15 is 0 Å². The minimum Gasteiger partial charge on any atom is -0.466 e. The molecule has 136 valence electrons. The van der Waals surface area contributed by atoms with Crippen LogP contribution in [0.5, 0.6) is 0 Å². The zero-order valence-electron chi connectivity index (χ0n) is 15.0. The molecule has 0 N–H and O–H groups in total. The van der Waals surface area contributed by atoms with Crippen molar-refractivity contribution < 1.29 is 23.9 Å². The second-order valence-corrected chi connectivity index (χ2v) is 6.39. The summed E-state index contributed by atoms with van der Waals surface area (Å²) in [7, 11) is 0. The van der Waals surface area contributed by atoms with Gasteiger partial charge in [0.25, 0.3) is 0 Å². The Hall–Kier alpha value is -2.17. The van der Waals surface area contributed by atoms with Crippen molar-refractivity contribution in [1.29, 1.82) is 0 Å². The van der Waals surface area contributed by atoms with Gasteiger partial charge in [-0.15, -0.1) is 0 Å². The fraction of sp³-hybridized carbons (Fsp3) is 0.550. The van der Waals surface area contributed by atoms with Crippen LogP contribution >= 0.6 is 0 Å². The van der Waals surface area contributed by atoms with Gasteiger partial charge in [-0.25, -0.2) is 0 Å². The molecular formula is C20H26O5. The molecule has 0 amide bonds. The summed E-state index contributed by atoms with van der Waals surface area (Å²) in [6.45, 7) is 4.15.